The number of carbonyl (C=O) groups excluding carboxylic acids is 1. The van der Waals surface area contributed by atoms with E-state index in [-0.39, 0.29) is 5.91 Å². The van der Waals surface area contributed by atoms with Gasteiger partial charge in [0.15, 0.2) is 5.89 Å². The third-order valence-electron chi connectivity index (χ3n) is 4.59. The first kappa shape index (κ1) is 14.9. The SMILES string of the molecule is Cc1ncc(NC(=O)c2cc(C3CC3NCC3CC3)c(C)s2)o1. The monoisotopic (exact) mass is 331 g/mol. The van der Waals surface area contributed by atoms with Gasteiger partial charge in [-0.25, -0.2) is 4.98 Å². The maximum atomic E-state index is 12.3. The van der Waals surface area contributed by atoms with Crippen molar-refractivity contribution in [3.8, 4) is 0 Å². The van der Waals surface area contributed by atoms with Gasteiger partial charge in [0.1, 0.15) is 0 Å². The van der Waals surface area contributed by atoms with Gasteiger partial charge in [-0.1, -0.05) is 0 Å². The van der Waals surface area contributed by atoms with E-state index >= 15 is 0 Å². The van der Waals surface area contributed by atoms with Gasteiger partial charge in [-0.05, 0) is 50.3 Å². The van der Waals surface area contributed by atoms with E-state index in [2.05, 4.69) is 22.5 Å². The molecule has 4 rings (SSSR count). The highest BCUT2D eigenvalue weighted by atomic mass is 32.1. The van der Waals surface area contributed by atoms with Crippen molar-refractivity contribution in [3.63, 3.8) is 0 Å². The van der Waals surface area contributed by atoms with Crippen LogP contribution >= 0.6 is 11.3 Å². The molecule has 0 saturated heterocycles. The lowest BCUT2D eigenvalue weighted by atomic mass is 10.1. The van der Waals surface area contributed by atoms with Crippen molar-refractivity contribution in [2.75, 3.05) is 11.9 Å². The van der Waals surface area contributed by atoms with Crippen LogP contribution in [-0.4, -0.2) is 23.5 Å². The third kappa shape index (κ3) is 3.33. The van der Waals surface area contributed by atoms with Gasteiger partial charge < -0.3 is 9.73 Å². The zero-order valence-electron chi connectivity index (χ0n) is 13.4. The largest absolute Gasteiger partial charge is 0.425 e. The summed E-state index contributed by atoms with van der Waals surface area (Å²) in [6, 6.07) is 2.64. The van der Waals surface area contributed by atoms with Gasteiger partial charge >= 0.3 is 0 Å². The normalized spacial score (nSPS) is 23.0. The number of rotatable bonds is 6. The van der Waals surface area contributed by atoms with Gasteiger partial charge in [0.05, 0.1) is 11.1 Å². The molecule has 2 atom stereocenters. The minimum absolute atomic E-state index is 0.122. The van der Waals surface area contributed by atoms with Crippen LogP contribution in [0.3, 0.4) is 0 Å². The molecule has 2 fully saturated rings. The molecule has 2 aliphatic rings. The third-order valence-corrected chi connectivity index (χ3v) is 5.66. The Morgan fingerprint density at radius 1 is 1.43 bits per heavy atom. The smallest absolute Gasteiger partial charge is 0.268 e. The number of anilines is 1. The highest BCUT2D eigenvalue weighted by Gasteiger charge is 2.40. The molecule has 2 heterocycles. The number of hydrogen-bond donors (Lipinski definition) is 2. The fourth-order valence-corrected chi connectivity index (χ4v) is 3.96. The Morgan fingerprint density at radius 2 is 2.26 bits per heavy atom. The summed E-state index contributed by atoms with van der Waals surface area (Å²) >= 11 is 1.55. The average Bonchev–Trinajstić information content (AvgIpc) is 3.41. The predicted molar refractivity (Wildman–Crippen MR) is 90.1 cm³/mol. The van der Waals surface area contributed by atoms with Crippen molar-refractivity contribution >= 4 is 23.1 Å². The Morgan fingerprint density at radius 3 is 2.96 bits per heavy atom. The van der Waals surface area contributed by atoms with Crippen LogP contribution in [0.25, 0.3) is 0 Å². The average molecular weight is 331 g/mol. The summed E-state index contributed by atoms with van der Waals surface area (Å²) in [5.41, 5.74) is 1.32. The van der Waals surface area contributed by atoms with E-state index in [1.54, 1.807) is 18.3 Å². The summed E-state index contributed by atoms with van der Waals surface area (Å²) in [5, 5.41) is 6.42. The minimum Gasteiger partial charge on any atom is -0.425 e. The Hall–Kier alpha value is -1.66. The topological polar surface area (TPSA) is 67.2 Å². The van der Waals surface area contributed by atoms with Crippen LogP contribution < -0.4 is 10.6 Å². The molecule has 2 aromatic heterocycles. The molecule has 0 bridgehead atoms. The lowest BCUT2D eigenvalue weighted by Gasteiger charge is -2.02. The fraction of sp³-hybridized carbons (Fsp3) is 0.529. The van der Waals surface area contributed by atoms with Crippen LogP contribution in [-0.2, 0) is 0 Å². The Labute approximate surface area is 139 Å². The summed E-state index contributed by atoms with van der Waals surface area (Å²) in [6.45, 7) is 5.01. The number of aromatic nitrogens is 1. The molecule has 2 aromatic rings. The van der Waals surface area contributed by atoms with E-state index in [1.807, 2.05) is 6.07 Å². The van der Waals surface area contributed by atoms with Crippen molar-refractivity contribution in [2.45, 2.75) is 45.1 Å². The van der Waals surface area contributed by atoms with Gasteiger partial charge in [0, 0.05) is 23.8 Å². The van der Waals surface area contributed by atoms with E-state index in [1.165, 1.54) is 35.9 Å². The number of nitrogens with one attached hydrogen (secondary N) is 2. The molecule has 5 nitrogen and oxygen atoms in total. The van der Waals surface area contributed by atoms with Crippen LogP contribution in [0.4, 0.5) is 5.88 Å². The summed E-state index contributed by atoms with van der Waals surface area (Å²) in [7, 11) is 0. The minimum atomic E-state index is -0.122. The van der Waals surface area contributed by atoms with Gasteiger partial charge in [-0.3, -0.25) is 10.1 Å². The van der Waals surface area contributed by atoms with Crippen LogP contribution in [0.1, 0.15) is 51.2 Å². The number of nitrogens with zero attached hydrogens (tertiary/aromatic N) is 1. The molecule has 0 aliphatic heterocycles. The highest BCUT2D eigenvalue weighted by Crippen LogP contribution is 2.45. The zero-order valence-corrected chi connectivity index (χ0v) is 14.2. The molecule has 2 saturated carbocycles. The summed E-state index contributed by atoms with van der Waals surface area (Å²) < 4.78 is 5.30. The number of amides is 1. The maximum Gasteiger partial charge on any atom is 0.268 e. The molecule has 1 amide bonds. The Balaban J connectivity index is 1.39. The van der Waals surface area contributed by atoms with Gasteiger partial charge in [0.25, 0.3) is 5.91 Å². The second kappa shape index (κ2) is 5.76. The second-order valence-electron chi connectivity index (χ2n) is 6.62. The summed E-state index contributed by atoms with van der Waals surface area (Å²) in [6.07, 6.45) is 5.49. The molecule has 0 radical (unpaired) electrons. The molecule has 0 spiro atoms. The van der Waals surface area contributed by atoms with Crippen LogP contribution in [0.15, 0.2) is 16.7 Å². The van der Waals surface area contributed by atoms with Crippen molar-refractivity contribution in [3.05, 3.63) is 33.5 Å². The van der Waals surface area contributed by atoms with E-state index in [0.29, 0.717) is 23.7 Å². The van der Waals surface area contributed by atoms with Gasteiger partial charge in [-0.15, -0.1) is 11.3 Å². The number of hydrogen-bond acceptors (Lipinski definition) is 5. The van der Waals surface area contributed by atoms with Crippen molar-refractivity contribution in [1.82, 2.24) is 10.3 Å². The molecule has 2 aliphatic carbocycles. The van der Waals surface area contributed by atoms with E-state index in [9.17, 15) is 4.79 Å². The second-order valence-corrected chi connectivity index (χ2v) is 7.88. The van der Waals surface area contributed by atoms with Crippen LogP contribution in [0, 0.1) is 19.8 Å². The molecule has 6 heteroatoms. The Bertz CT molecular complexity index is 732. The van der Waals surface area contributed by atoms with Crippen molar-refractivity contribution < 1.29 is 9.21 Å². The molecule has 23 heavy (non-hydrogen) atoms. The molecule has 2 N–H and O–H groups in total. The molecular weight excluding hydrogens is 310 g/mol. The van der Waals surface area contributed by atoms with E-state index < -0.39 is 0 Å². The van der Waals surface area contributed by atoms with Crippen LogP contribution in [0.2, 0.25) is 0 Å². The maximum absolute atomic E-state index is 12.3. The first-order valence-electron chi connectivity index (χ1n) is 8.17. The van der Waals surface area contributed by atoms with Gasteiger partial charge in [-0.2, -0.15) is 0 Å². The van der Waals surface area contributed by atoms with Crippen molar-refractivity contribution in [2.24, 2.45) is 5.92 Å². The molecule has 2 unspecified atom stereocenters. The molecule has 0 aromatic carbocycles. The number of thiophene rings is 1. The first-order valence-corrected chi connectivity index (χ1v) is 8.99. The quantitative estimate of drug-likeness (QED) is 0.850. The Kier molecular flexibility index (Phi) is 3.73. The summed E-state index contributed by atoms with van der Waals surface area (Å²) in [5.74, 6) is 2.30. The standard InChI is InChI=1S/C17H21N3O2S/c1-9-12(13-5-14(13)19-7-11-3-4-11)6-15(23-9)17(21)20-16-8-18-10(2)22-16/h6,8,11,13-14,19H,3-5,7H2,1-2H3,(H,20,21). The van der Waals surface area contributed by atoms with Gasteiger partial charge in [0.2, 0.25) is 5.88 Å². The van der Waals surface area contributed by atoms with Crippen molar-refractivity contribution in [1.29, 1.82) is 0 Å². The number of oxazole rings is 1. The highest BCUT2D eigenvalue weighted by molar-refractivity contribution is 7.14. The predicted octanol–water partition coefficient (Wildman–Crippen LogP) is 3.46. The first-order chi connectivity index (χ1) is 11.1. The molecule has 122 valence electrons. The van der Waals surface area contributed by atoms with Crippen LogP contribution in [0.5, 0.6) is 0 Å². The zero-order chi connectivity index (χ0) is 16.0. The number of aryl methyl sites for hydroxylation is 2. The van der Waals surface area contributed by atoms with E-state index in [4.69, 9.17) is 4.42 Å². The van der Waals surface area contributed by atoms with E-state index in [0.717, 1.165) is 17.3 Å². The summed E-state index contributed by atoms with van der Waals surface area (Å²) in [4.78, 5) is 18.3. The molecular formula is C17H21N3O2S. The lowest BCUT2D eigenvalue weighted by Crippen LogP contribution is -2.20. The number of carbonyl (C=O) groups is 1. The fourth-order valence-electron chi connectivity index (χ4n) is 2.97. The lowest BCUT2D eigenvalue weighted by molar-refractivity contribution is 0.102.